The molecule has 0 saturated carbocycles. The molecule has 0 saturated heterocycles. The Morgan fingerprint density at radius 1 is 1.03 bits per heavy atom. The van der Waals surface area contributed by atoms with Gasteiger partial charge in [-0.2, -0.15) is 0 Å². The Bertz CT molecular complexity index is 1160. The van der Waals surface area contributed by atoms with E-state index in [9.17, 15) is 18.0 Å². The number of carbonyl (C=O) groups is 2. The molecule has 0 unspecified atom stereocenters. The van der Waals surface area contributed by atoms with Crippen molar-refractivity contribution >= 4 is 50.7 Å². The van der Waals surface area contributed by atoms with Gasteiger partial charge < -0.3 is 10.2 Å². The van der Waals surface area contributed by atoms with Crippen molar-refractivity contribution in [3.63, 3.8) is 0 Å². The Labute approximate surface area is 218 Å². The highest BCUT2D eigenvalue weighted by atomic mass is 35.5. The number of nitrogens with zero attached hydrogens (tertiary/aromatic N) is 2. The number of para-hydroxylation sites is 1. The van der Waals surface area contributed by atoms with Crippen molar-refractivity contribution in [3.05, 3.63) is 63.6 Å². The van der Waals surface area contributed by atoms with Crippen LogP contribution in [0.3, 0.4) is 0 Å². The van der Waals surface area contributed by atoms with Gasteiger partial charge in [0.05, 0.1) is 22.0 Å². The maximum atomic E-state index is 13.7. The highest BCUT2D eigenvalue weighted by Gasteiger charge is 2.32. The molecule has 10 heteroatoms. The third-order valence-corrected chi connectivity index (χ3v) is 7.65. The normalized spacial score (nSPS) is 13.1. The lowest BCUT2D eigenvalue weighted by Crippen LogP contribution is -2.53. The van der Waals surface area contributed by atoms with Gasteiger partial charge in [0.15, 0.2) is 0 Å². The van der Waals surface area contributed by atoms with Gasteiger partial charge in [-0.05, 0) is 56.0 Å². The molecule has 35 heavy (non-hydrogen) atoms. The van der Waals surface area contributed by atoms with E-state index in [0.717, 1.165) is 17.0 Å². The zero-order chi connectivity index (χ0) is 26.3. The van der Waals surface area contributed by atoms with Gasteiger partial charge in [-0.25, -0.2) is 8.42 Å². The van der Waals surface area contributed by atoms with Crippen LogP contribution in [0, 0.1) is 6.92 Å². The van der Waals surface area contributed by atoms with Crippen molar-refractivity contribution in [1.82, 2.24) is 10.2 Å². The van der Waals surface area contributed by atoms with E-state index >= 15 is 0 Å². The maximum absolute atomic E-state index is 13.7. The molecule has 2 atom stereocenters. The van der Waals surface area contributed by atoms with Crippen LogP contribution < -0.4 is 9.62 Å². The monoisotopic (exact) mass is 541 g/mol. The summed E-state index contributed by atoms with van der Waals surface area (Å²) in [6.07, 6.45) is 2.14. The number of rotatable bonds is 11. The van der Waals surface area contributed by atoms with E-state index in [-0.39, 0.29) is 18.5 Å². The fourth-order valence-corrected chi connectivity index (χ4v) is 4.86. The minimum atomic E-state index is -3.78. The molecule has 2 aromatic carbocycles. The van der Waals surface area contributed by atoms with Gasteiger partial charge in [0.25, 0.3) is 0 Å². The number of hydrogen-bond acceptors (Lipinski definition) is 4. The molecule has 192 valence electrons. The lowest BCUT2D eigenvalue weighted by Gasteiger charge is -2.33. The number of carbonyl (C=O) groups excluding carboxylic acids is 2. The molecule has 2 rings (SSSR count). The second-order valence-corrected chi connectivity index (χ2v) is 11.3. The van der Waals surface area contributed by atoms with E-state index in [1.165, 1.54) is 4.90 Å². The fourth-order valence-electron chi connectivity index (χ4n) is 3.63. The number of aryl methyl sites for hydroxylation is 1. The first-order chi connectivity index (χ1) is 16.4. The van der Waals surface area contributed by atoms with Gasteiger partial charge >= 0.3 is 0 Å². The number of nitrogens with one attached hydrogen (secondary N) is 1. The number of halogens is 2. The van der Waals surface area contributed by atoms with Crippen molar-refractivity contribution in [3.8, 4) is 0 Å². The van der Waals surface area contributed by atoms with Crippen LogP contribution in [-0.4, -0.2) is 50.0 Å². The van der Waals surface area contributed by atoms with E-state index in [4.69, 9.17) is 23.2 Å². The van der Waals surface area contributed by atoms with E-state index < -0.39 is 28.5 Å². The van der Waals surface area contributed by atoms with Gasteiger partial charge in [0.2, 0.25) is 21.8 Å². The number of amides is 2. The second-order valence-electron chi connectivity index (χ2n) is 8.57. The highest BCUT2D eigenvalue weighted by Crippen LogP contribution is 2.26. The van der Waals surface area contributed by atoms with Gasteiger partial charge in [0.1, 0.15) is 12.6 Å². The maximum Gasteiger partial charge on any atom is 0.244 e. The molecule has 0 aliphatic heterocycles. The van der Waals surface area contributed by atoms with E-state index in [1.807, 2.05) is 20.8 Å². The zero-order valence-corrected chi connectivity index (χ0v) is 23.0. The first kappa shape index (κ1) is 28.9. The zero-order valence-electron chi connectivity index (χ0n) is 20.7. The minimum Gasteiger partial charge on any atom is -0.352 e. The Hall–Kier alpha value is -2.29. The third-order valence-electron chi connectivity index (χ3n) is 5.79. The van der Waals surface area contributed by atoms with Crippen molar-refractivity contribution in [2.24, 2.45) is 0 Å². The first-order valence-corrected chi connectivity index (χ1v) is 14.1. The Morgan fingerprint density at radius 2 is 1.69 bits per heavy atom. The number of benzene rings is 2. The lowest BCUT2D eigenvalue weighted by atomic mass is 10.1. The lowest BCUT2D eigenvalue weighted by molar-refractivity contribution is -0.140. The molecule has 0 aliphatic carbocycles. The summed E-state index contributed by atoms with van der Waals surface area (Å²) < 4.78 is 26.4. The molecule has 1 N–H and O–H groups in total. The summed E-state index contributed by atoms with van der Waals surface area (Å²) in [4.78, 5) is 28.2. The molecule has 0 heterocycles. The van der Waals surface area contributed by atoms with Crippen LogP contribution >= 0.6 is 23.2 Å². The quantitative estimate of drug-likeness (QED) is 0.443. The summed E-state index contributed by atoms with van der Waals surface area (Å²) >= 11 is 12.2. The van der Waals surface area contributed by atoms with Crippen molar-refractivity contribution in [2.45, 2.75) is 59.2 Å². The van der Waals surface area contributed by atoms with Gasteiger partial charge in [0, 0.05) is 12.6 Å². The SMILES string of the molecule is CC[C@@H](C)NC(=O)[C@H](CC)N(Cc1ccc(Cl)c(Cl)c1)C(=O)CN(c1ccccc1C)S(C)(=O)=O. The van der Waals surface area contributed by atoms with Crippen LogP contribution in [0.5, 0.6) is 0 Å². The molecule has 0 aromatic heterocycles. The van der Waals surface area contributed by atoms with Crippen molar-refractivity contribution in [1.29, 1.82) is 0 Å². The standard InChI is InChI=1S/C25H33Cl2N3O4S/c1-6-18(4)28-25(32)22(7-2)29(15-19-12-13-20(26)21(27)14-19)24(31)16-30(35(5,33)34)23-11-9-8-10-17(23)3/h8-14,18,22H,6-7,15-16H2,1-5H3,(H,28,32)/t18-,22+/m1/s1. The van der Waals surface area contributed by atoms with Crippen LogP contribution in [0.4, 0.5) is 5.69 Å². The van der Waals surface area contributed by atoms with Crippen LogP contribution in [0.2, 0.25) is 10.0 Å². The average Bonchev–Trinajstić information content (AvgIpc) is 2.79. The van der Waals surface area contributed by atoms with E-state index in [2.05, 4.69) is 5.32 Å². The topological polar surface area (TPSA) is 86.8 Å². The predicted octanol–water partition coefficient (Wildman–Crippen LogP) is 4.79. The number of sulfonamides is 1. The predicted molar refractivity (Wildman–Crippen MR) is 142 cm³/mol. The van der Waals surface area contributed by atoms with Crippen molar-refractivity contribution in [2.75, 3.05) is 17.1 Å². The van der Waals surface area contributed by atoms with Gasteiger partial charge in [-0.1, -0.05) is 61.3 Å². The number of hydrogen-bond donors (Lipinski definition) is 1. The van der Waals surface area contributed by atoms with Crippen molar-refractivity contribution < 1.29 is 18.0 Å². The smallest absolute Gasteiger partial charge is 0.244 e. The number of anilines is 1. The summed E-state index contributed by atoms with van der Waals surface area (Å²) in [6.45, 7) is 7.05. The molecule has 7 nitrogen and oxygen atoms in total. The minimum absolute atomic E-state index is 0.0630. The van der Waals surface area contributed by atoms with Gasteiger partial charge in [-0.3, -0.25) is 13.9 Å². The van der Waals surface area contributed by atoms with E-state index in [1.54, 1.807) is 49.4 Å². The Kier molecular flexibility index (Phi) is 10.4. The summed E-state index contributed by atoms with van der Waals surface area (Å²) in [7, 11) is -3.78. The highest BCUT2D eigenvalue weighted by molar-refractivity contribution is 7.92. The molecular formula is C25H33Cl2N3O4S. The van der Waals surface area contributed by atoms with Crippen LogP contribution in [0.1, 0.15) is 44.7 Å². The van der Waals surface area contributed by atoms with Crippen LogP contribution in [0.15, 0.2) is 42.5 Å². The largest absolute Gasteiger partial charge is 0.352 e. The van der Waals surface area contributed by atoms with E-state index in [0.29, 0.717) is 33.3 Å². The molecule has 0 radical (unpaired) electrons. The summed E-state index contributed by atoms with van der Waals surface area (Å²) in [5, 5.41) is 3.63. The Balaban J connectivity index is 2.48. The average molecular weight is 543 g/mol. The molecule has 0 bridgehead atoms. The summed E-state index contributed by atoms with van der Waals surface area (Å²) in [5.74, 6) is -0.798. The fraction of sp³-hybridized carbons (Fsp3) is 0.440. The molecular weight excluding hydrogens is 509 g/mol. The molecule has 0 aliphatic rings. The summed E-state index contributed by atoms with van der Waals surface area (Å²) in [5.41, 5.74) is 1.79. The van der Waals surface area contributed by atoms with Gasteiger partial charge in [-0.15, -0.1) is 0 Å². The molecule has 2 aromatic rings. The first-order valence-electron chi connectivity index (χ1n) is 11.5. The summed E-state index contributed by atoms with van der Waals surface area (Å²) in [6, 6.07) is 11.1. The molecule has 2 amide bonds. The Morgan fingerprint density at radius 3 is 2.23 bits per heavy atom. The molecule has 0 fully saturated rings. The second kappa shape index (κ2) is 12.6. The van der Waals surface area contributed by atoms with Crippen LogP contribution in [-0.2, 0) is 26.2 Å². The third kappa shape index (κ3) is 7.85. The van der Waals surface area contributed by atoms with Crippen LogP contribution in [0.25, 0.3) is 0 Å². The molecule has 0 spiro atoms.